The Morgan fingerprint density at radius 2 is 1.34 bits per heavy atom. The van der Waals surface area contributed by atoms with Crippen LogP contribution in [-0.2, 0) is 35.2 Å². The molecule has 4 amide bonds. The second-order valence-corrected chi connectivity index (χ2v) is 9.05. The van der Waals surface area contributed by atoms with Gasteiger partial charge in [0.2, 0.25) is 23.6 Å². The molecule has 4 atom stereocenters. The standard InChI is InChI=1S/C24H36N8O9/c25-14(10-12-3-5-13(33)6-4-12)20(37)30-15(2-1-9-29-24(27)28)21(38)31-16(7-8-18(26)34)22(39)32-17(23(40)41)11-19(35)36/h3-6,14-17,33H,1-2,7-11,25H2,(H2,26,34)(H,30,37)(H,31,38)(H,32,39)(H,35,36)(H,40,41)(H4,27,28,29). The van der Waals surface area contributed by atoms with Gasteiger partial charge in [0.25, 0.3) is 0 Å². The number of primary amides is 1. The molecule has 17 nitrogen and oxygen atoms in total. The number of phenolic OH excluding ortho intramolecular Hbond substituents is 1. The van der Waals surface area contributed by atoms with Gasteiger partial charge in [-0.15, -0.1) is 0 Å². The number of benzene rings is 1. The Morgan fingerprint density at radius 1 is 0.805 bits per heavy atom. The first-order valence-electron chi connectivity index (χ1n) is 12.4. The molecule has 1 aromatic carbocycles. The van der Waals surface area contributed by atoms with Crippen molar-refractivity contribution in [3.8, 4) is 5.75 Å². The van der Waals surface area contributed by atoms with Gasteiger partial charge in [-0.25, -0.2) is 4.79 Å². The average molecular weight is 581 g/mol. The third-order valence-electron chi connectivity index (χ3n) is 5.61. The zero-order valence-corrected chi connectivity index (χ0v) is 22.1. The molecule has 0 fully saturated rings. The number of aromatic hydroxyl groups is 1. The molecule has 0 aliphatic heterocycles. The van der Waals surface area contributed by atoms with E-state index in [2.05, 4.69) is 15.6 Å². The Balaban J connectivity index is 3.08. The van der Waals surface area contributed by atoms with Gasteiger partial charge >= 0.3 is 11.9 Å². The number of rotatable bonds is 18. The Morgan fingerprint density at radius 3 is 1.85 bits per heavy atom. The molecule has 1 aromatic rings. The highest BCUT2D eigenvalue weighted by Gasteiger charge is 2.31. The molecule has 4 unspecified atom stereocenters. The van der Waals surface area contributed by atoms with E-state index in [-0.39, 0.29) is 50.4 Å². The minimum Gasteiger partial charge on any atom is -0.508 e. The van der Waals surface area contributed by atoms with Crippen molar-refractivity contribution in [1.29, 1.82) is 0 Å². The monoisotopic (exact) mass is 580 g/mol. The summed E-state index contributed by atoms with van der Waals surface area (Å²) in [5.74, 6) is -6.79. The summed E-state index contributed by atoms with van der Waals surface area (Å²) in [4.78, 5) is 76.3. The van der Waals surface area contributed by atoms with E-state index >= 15 is 0 Å². The lowest BCUT2D eigenvalue weighted by molar-refractivity contribution is -0.147. The van der Waals surface area contributed by atoms with E-state index in [1.54, 1.807) is 12.1 Å². The average Bonchev–Trinajstić information content (AvgIpc) is 2.88. The number of guanidine groups is 1. The van der Waals surface area contributed by atoms with Crippen molar-refractivity contribution >= 4 is 41.5 Å². The first kappa shape index (κ1) is 34.1. The molecule has 0 heterocycles. The summed E-state index contributed by atoms with van der Waals surface area (Å²) in [5, 5.41) is 34.4. The van der Waals surface area contributed by atoms with Gasteiger partial charge in [-0.2, -0.15) is 0 Å². The lowest BCUT2D eigenvalue weighted by atomic mass is 10.0. The second-order valence-electron chi connectivity index (χ2n) is 9.05. The first-order chi connectivity index (χ1) is 19.2. The summed E-state index contributed by atoms with van der Waals surface area (Å²) in [6.45, 7) is 0.0998. The van der Waals surface area contributed by atoms with Crippen molar-refractivity contribution in [2.75, 3.05) is 6.54 Å². The fraction of sp³-hybridized carbons (Fsp3) is 0.458. The van der Waals surface area contributed by atoms with Crippen molar-refractivity contribution in [2.45, 2.75) is 62.7 Å². The Hall–Kier alpha value is -4.93. The second kappa shape index (κ2) is 16.9. The summed E-state index contributed by atoms with van der Waals surface area (Å²) < 4.78 is 0. The van der Waals surface area contributed by atoms with Crippen molar-refractivity contribution in [3.05, 3.63) is 29.8 Å². The number of nitrogens with two attached hydrogens (primary N) is 4. The van der Waals surface area contributed by atoms with Gasteiger partial charge in [-0.3, -0.25) is 29.0 Å². The third kappa shape index (κ3) is 13.6. The minimum absolute atomic E-state index is 0.0127. The Kier molecular flexibility index (Phi) is 14.1. The Bertz CT molecular complexity index is 1120. The van der Waals surface area contributed by atoms with Crippen LogP contribution < -0.4 is 38.9 Å². The SMILES string of the molecule is NC(=O)CCC(NC(=O)C(CCCN=C(N)N)NC(=O)C(N)Cc1ccc(O)cc1)C(=O)NC(CC(=O)O)C(=O)O. The van der Waals surface area contributed by atoms with E-state index in [1.807, 2.05) is 5.32 Å². The maximum absolute atomic E-state index is 13.2. The number of nitrogens with zero attached hydrogens (tertiary/aromatic N) is 1. The molecule has 0 aliphatic rings. The molecule has 0 aliphatic carbocycles. The third-order valence-corrected chi connectivity index (χ3v) is 5.61. The Labute approximate surface area is 234 Å². The maximum atomic E-state index is 13.2. The van der Waals surface area contributed by atoms with Crippen LogP contribution in [-0.4, -0.2) is 87.6 Å². The highest BCUT2D eigenvalue weighted by molar-refractivity contribution is 5.95. The maximum Gasteiger partial charge on any atom is 0.326 e. The number of aliphatic imine (C=N–C) groups is 1. The quantitative estimate of drug-likeness (QED) is 0.0461. The summed E-state index contributed by atoms with van der Waals surface area (Å²) in [6, 6.07) is 0.284. The molecule has 226 valence electrons. The predicted octanol–water partition coefficient (Wildman–Crippen LogP) is -3.41. The summed E-state index contributed by atoms with van der Waals surface area (Å²) in [6.07, 6.45) is -1.41. The molecule has 0 radical (unpaired) electrons. The van der Waals surface area contributed by atoms with Gasteiger partial charge in [-0.05, 0) is 43.4 Å². The number of carbonyl (C=O) groups excluding carboxylic acids is 4. The number of carboxylic acids is 2. The summed E-state index contributed by atoms with van der Waals surface area (Å²) in [7, 11) is 0. The molecule has 41 heavy (non-hydrogen) atoms. The zero-order chi connectivity index (χ0) is 31.1. The lowest BCUT2D eigenvalue weighted by Crippen LogP contribution is -2.57. The normalized spacial score (nSPS) is 13.5. The topological polar surface area (TPSA) is 316 Å². The van der Waals surface area contributed by atoms with Gasteiger partial charge in [-0.1, -0.05) is 12.1 Å². The predicted molar refractivity (Wildman–Crippen MR) is 144 cm³/mol. The van der Waals surface area contributed by atoms with Crippen molar-refractivity contribution < 1.29 is 44.1 Å². The molecule has 0 saturated carbocycles. The number of hydrogen-bond acceptors (Lipinski definition) is 9. The molecule has 17 heteroatoms. The van der Waals surface area contributed by atoms with Crippen molar-refractivity contribution in [1.82, 2.24) is 16.0 Å². The van der Waals surface area contributed by atoms with Gasteiger partial charge in [0.15, 0.2) is 5.96 Å². The first-order valence-corrected chi connectivity index (χ1v) is 12.4. The smallest absolute Gasteiger partial charge is 0.326 e. The van der Waals surface area contributed by atoms with Crippen LogP contribution in [0.25, 0.3) is 0 Å². The number of hydrogen-bond donors (Lipinski definition) is 10. The minimum atomic E-state index is -1.82. The van der Waals surface area contributed by atoms with Gasteiger partial charge < -0.3 is 54.2 Å². The van der Waals surface area contributed by atoms with Crippen LogP contribution >= 0.6 is 0 Å². The van der Waals surface area contributed by atoms with Crippen molar-refractivity contribution in [2.24, 2.45) is 27.9 Å². The van der Waals surface area contributed by atoms with Crippen LogP contribution in [0.5, 0.6) is 5.75 Å². The van der Waals surface area contributed by atoms with Crippen LogP contribution in [0.2, 0.25) is 0 Å². The molecular formula is C24H36N8O9. The fourth-order valence-corrected chi connectivity index (χ4v) is 3.50. The molecule has 0 bridgehead atoms. The molecule has 0 spiro atoms. The van der Waals surface area contributed by atoms with Gasteiger partial charge in [0.1, 0.15) is 23.9 Å². The summed E-state index contributed by atoms with van der Waals surface area (Å²) in [5.41, 5.74) is 22.4. The molecule has 0 aromatic heterocycles. The van der Waals surface area contributed by atoms with Crippen LogP contribution in [0.4, 0.5) is 0 Å². The molecule has 14 N–H and O–H groups in total. The molecule has 1 rings (SSSR count). The van der Waals surface area contributed by atoms with Crippen molar-refractivity contribution in [3.63, 3.8) is 0 Å². The van der Waals surface area contributed by atoms with E-state index in [4.69, 9.17) is 28.0 Å². The number of carboxylic acid groups (broad SMARTS) is 2. The lowest BCUT2D eigenvalue weighted by Gasteiger charge is -2.25. The number of nitrogens with one attached hydrogen (secondary N) is 3. The van der Waals surface area contributed by atoms with E-state index in [0.717, 1.165) is 0 Å². The molecular weight excluding hydrogens is 544 g/mol. The van der Waals surface area contributed by atoms with E-state index in [0.29, 0.717) is 5.56 Å². The number of amides is 4. The largest absolute Gasteiger partial charge is 0.508 e. The number of carbonyl (C=O) groups is 6. The van der Waals surface area contributed by atoms with E-state index in [9.17, 15) is 39.0 Å². The van der Waals surface area contributed by atoms with Crippen LogP contribution in [0.3, 0.4) is 0 Å². The fourth-order valence-electron chi connectivity index (χ4n) is 3.50. The van der Waals surface area contributed by atoms with Crippen LogP contribution in [0.15, 0.2) is 29.3 Å². The summed E-state index contributed by atoms with van der Waals surface area (Å²) >= 11 is 0. The van der Waals surface area contributed by atoms with Gasteiger partial charge in [0.05, 0.1) is 12.5 Å². The number of phenols is 1. The van der Waals surface area contributed by atoms with E-state index in [1.165, 1.54) is 12.1 Å². The van der Waals surface area contributed by atoms with Crippen LogP contribution in [0, 0.1) is 0 Å². The number of aliphatic carboxylic acids is 2. The molecule has 0 saturated heterocycles. The highest BCUT2D eigenvalue weighted by atomic mass is 16.4. The van der Waals surface area contributed by atoms with Crippen LogP contribution in [0.1, 0.15) is 37.7 Å². The highest BCUT2D eigenvalue weighted by Crippen LogP contribution is 2.11. The van der Waals surface area contributed by atoms with Gasteiger partial charge in [0, 0.05) is 13.0 Å². The van der Waals surface area contributed by atoms with E-state index < -0.39 is 66.2 Å². The zero-order valence-electron chi connectivity index (χ0n) is 22.1.